The molecule has 1 saturated heterocycles. The van der Waals surface area contributed by atoms with Gasteiger partial charge in [0, 0.05) is 36.1 Å². The van der Waals surface area contributed by atoms with Crippen molar-refractivity contribution in [1.82, 2.24) is 29.7 Å². The summed E-state index contributed by atoms with van der Waals surface area (Å²) in [7, 11) is 0. The molecule has 0 bridgehead atoms. The summed E-state index contributed by atoms with van der Waals surface area (Å²) < 4.78 is 37.6. The maximum atomic E-state index is 14.7. The van der Waals surface area contributed by atoms with Crippen molar-refractivity contribution in [2.24, 2.45) is 5.92 Å². The van der Waals surface area contributed by atoms with Gasteiger partial charge in [0.25, 0.3) is 0 Å². The van der Waals surface area contributed by atoms with E-state index in [2.05, 4.69) is 11.3 Å². The van der Waals surface area contributed by atoms with E-state index in [9.17, 15) is 8.78 Å². The number of aryl methyl sites for hydroxylation is 2. The molecule has 1 aliphatic heterocycles. The van der Waals surface area contributed by atoms with Crippen LogP contribution in [0, 0.1) is 19.8 Å². The number of rotatable bonds is 4. The average Bonchev–Trinajstić information content (AvgIpc) is 3.58. The number of hydrogen-bond donors (Lipinski definition) is 0. The van der Waals surface area contributed by atoms with Crippen LogP contribution in [0.1, 0.15) is 97.9 Å². The fraction of sp³-hybridized carbons (Fsp3) is 0.654. The lowest BCUT2D eigenvalue weighted by Crippen LogP contribution is -2.33. The van der Waals surface area contributed by atoms with Gasteiger partial charge in [0.2, 0.25) is 0 Å². The summed E-state index contributed by atoms with van der Waals surface area (Å²) in [5, 5.41) is 4.52. The van der Waals surface area contributed by atoms with Crippen molar-refractivity contribution in [1.29, 1.82) is 0 Å². The molecule has 4 heterocycles. The Bertz CT molecular complexity index is 1230. The Labute approximate surface area is 203 Å². The minimum absolute atomic E-state index is 0.0643. The fourth-order valence-corrected chi connectivity index (χ4v) is 5.46. The van der Waals surface area contributed by atoms with Crippen LogP contribution in [0.2, 0.25) is 0 Å². The summed E-state index contributed by atoms with van der Waals surface area (Å²) in [6.07, 6.45) is 5.91. The van der Waals surface area contributed by atoms with Gasteiger partial charge in [0.1, 0.15) is 23.7 Å². The molecular formula is C26H32F2N6O. The van der Waals surface area contributed by atoms with Gasteiger partial charge in [-0.25, -0.2) is 28.7 Å². The summed E-state index contributed by atoms with van der Waals surface area (Å²) in [6.45, 7) is 6.04. The third kappa shape index (κ3) is 4.32. The molecule has 0 spiro atoms. The SMILES string of the molecule is Cc1nc2nc([C@@H]3CCO[C@@H](c4cnn(C5CC5)c4)C3)nc(C3C[C@@H](F)C(C)[C@@H](F)C3)c2nc1C. The molecule has 186 valence electrons. The molecule has 7 nitrogen and oxygen atoms in total. The Balaban J connectivity index is 1.35. The van der Waals surface area contributed by atoms with Gasteiger partial charge in [-0.05, 0) is 52.4 Å². The minimum Gasteiger partial charge on any atom is -0.373 e. The topological polar surface area (TPSA) is 78.6 Å². The van der Waals surface area contributed by atoms with Gasteiger partial charge >= 0.3 is 0 Å². The zero-order valence-corrected chi connectivity index (χ0v) is 20.5. The van der Waals surface area contributed by atoms with Gasteiger partial charge in [-0.1, -0.05) is 6.92 Å². The number of aromatic nitrogens is 6. The zero-order chi connectivity index (χ0) is 24.3. The van der Waals surface area contributed by atoms with Crippen LogP contribution in [-0.4, -0.2) is 48.7 Å². The van der Waals surface area contributed by atoms with Gasteiger partial charge in [-0.3, -0.25) is 4.68 Å². The third-order valence-corrected chi connectivity index (χ3v) is 8.10. The molecule has 2 unspecified atom stereocenters. The van der Waals surface area contributed by atoms with E-state index >= 15 is 0 Å². The van der Waals surface area contributed by atoms with Crippen molar-refractivity contribution in [3.05, 3.63) is 40.9 Å². The summed E-state index contributed by atoms with van der Waals surface area (Å²) in [5.74, 6) is -0.196. The molecule has 2 aliphatic carbocycles. The Kier molecular flexibility index (Phi) is 5.78. The van der Waals surface area contributed by atoms with Gasteiger partial charge in [-0.15, -0.1) is 0 Å². The molecule has 0 aromatic carbocycles. The summed E-state index contributed by atoms with van der Waals surface area (Å²) in [5.41, 5.74) is 4.39. The highest BCUT2D eigenvalue weighted by Crippen LogP contribution is 2.42. The maximum Gasteiger partial charge on any atom is 0.182 e. The first-order valence-corrected chi connectivity index (χ1v) is 12.8. The van der Waals surface area contributed by atoms with Gasteiger partial charge in [0.05, 0.1) is 35.4 Å². The van der Waals surface area contributed by atoms with E-state index in [1.807, 2.05) is 24.7 Å². The molecule has 9 heteroatoms. The van der Waals surface area contributed by atoms with Crippen LogP contribution in [0.15, 0.2) is 12.4 Å². The standard InChI is InChI=1S/C26H32F2N6O/c1-13-20(27)8-17(9-21(13)28)23-24-26(31-15(3)14(2)30-24)33-25(32-23)16-6-7-35-22(10-16)18-11-29-34(12-18)19-4-5-19/h11-13,16-17,19-22H,4-10H2,1-3H3/t13?,16-,17?,20-,21+,22-/m1/s1. The molecule has 3 fully saturated rings. The fourth-order valence-electron chi connectivity index (χ4n) is 5.46. The van der Waals surface area contributed by atoms with Crippen molar-refractivity contribution in [2.45, 2.75) is 95.6 Å². The molecule has 6 atom stereocenters. The smallest absolute Gasteiger partial charge is 0.182 e. The first kappa shape index (κ1) is 22.9. The van der Waals surface area contributed by atoms with Gasteiger partial charge in [-0.2, -0.15) is 5.10 Å². The van der Waals surface area contributed by atoms with E-state index in [1.165, 1.54) is 12.8 Å². The van der Waals surface area contributed by atoms with Crippen LogP contribution in [0.5, 0.6) is 0 Å². The average molecular weight is 483 g/mol. The summed E-state index contributed by atoms with van der Waals surface area (Å²) in [6, 6.07) is 0.525. The lowest BCUT2D eigenvalue weighted by molar-refractivity contribution is 0.00388. The summed E-state index contributed by atoms with van der Waals surface area (Å²) in [4.78, 5) is 19.2. The highest BCUT2D eigenvalue weighted by Gasteiger charge is 2.39. The van der Waals surface area contributed by atoms with Crippen molar-refractivity contribution in [2.75, 3.05) is 6.61 Å². The number of alkyl halides is 2. The molecule has 0 N–H and O–H groups in total. The first-order chi connectivity index (χ1) is 16.9. The highest BCUT2D eigenvalue weighted by molar-refractivity contribution is 5.73. The second-order valence-corrected chi connectivity index (χ2v) is 10.7. The Morgan fingerprint density at radius 3 is 2.40 bits per heavy atom. The van der Waals surface area contributed by atoms with E-state index in [-0.39, 0.29) is 30.8 Å². The van der Waals surface area contributed by atoms with Crippen LogP contribution in [0.4, 0.5) is 8.78 Å². The molecule has 35 heavy (non-hydrogen) atoms. The molecule has 6 rings (SSSR count). The van der Waals surface area contributed by atoms with Crippen LogP contribution < -0.4 is 0 Å². The zero-order valence-electron chi connectivity index (χ0n) is 20.5. The second kappa shape index (κ2) is 8.84. The van der Waals surface area contributed by atoms with Crippen LogP contribution in [0.3, 0.4) is 0 Å². The molecule has 3 aromatic heterocycles. The number of fused-ring (bicyclic) bond motifs is 1. The van der Waals surface area contributed by atoms with Crippen LogP contribution in [0.25, 0.3) is 11.2 Å². The van der Waals surface area contributed by atoms with E-state index in [0.29, 0.717) is 35.3 Å². The predicted octanol–water partition coefficient (Wildman–Crippen LogP) is 5.39. The van der Waals surface area contributed by atoms with E-state index in [4.69, 9.17) is 24.7 Å². The molecule has 2 saturated carbocycles. The third-order valence-electron chi connectivity index (χ3n) is 8.10. The highest BCUT2D eigenvalue weighted by atomic mass is 19.1. The Hall–Kier alpha value is -2.55. The number of nitrogens with zero attached hydrogens (tertiary/aromatic N) is 6. The van der Waals surface area contributed by atoms with Gasteiger partial charge in [0.15, 0.2) is 5.65 Å². The van der Waals surface area contributed by atoms with Crippen molar-refractivity contribution in [3.63, 3.8) is 0 Å². The van der Waals surface area contributed by atoms with E-state index < -0.39 is 18.3 Å². The minimum atomic E-state index is -1.20. The molecular weight excluding hydrogens is 450 g/mol. The molecule has 0 radical (unpaired) electrons. The molecule has 0 amide bonds. The number of hydrogen-bond acceptors (Lipinski definition) is 6. The molecule has 3 aromatic rings. The molecule has 3 aliphatic rings. The lowest BCUT2D eigenvalue weighted by atomic mass is 9.78. The Morgan fingerprint density at radius 2 is 1.66 bits per heavy atom. The summed E-state index contributed by atoms with van der Waals surface area (Å²) >= 11 is 0. The lowest BCUT2D eigenvalue weighted by Gasteiger charge is -2.33. The largest absolute Gasteiger partial charge is 0.373 e. The van der Waals surface area contributed by atoms with Gasteiger partial charge < -0.3 is 4.74 Å². The predicted molar refractivity (Wildman–Crippen MR) is 127 cm³/mol. The monoisotopic (exact) mass is 482 g/mol. The number of ether oxygens (including phenoxy) is 1. The second-order valence-electron chi connectivity index (χ2n) is 10.7. The number of halogens is 2. The quantitative estimate of drug-likeness (QED) is 0.496. The van der Waals surface area contributed by atoms with Crippen molar-refractivity contribution >= 4 is 11.2 Å². The van der Waals surface area contributed by atoms with Crippen molar-refractivity contribution in [3.8, 4) is 0 Å². The van der Waals surface area contributed by atoms with Crippen LogP contribution >= 0.6 is 0 Å². The van der Waals surface area contributed by atoms with Crippen molar-refractivity contribution < 1.29 is 13.5 Å². The van der Waals surface area contributed by atoms with E-state index in [1.54, 1.807) is 6.92 Å². The first-order valence-electron chi connectivity index (χ1n) is 12.8. The van der Waals surface area contributed by atoms with E-state index in [0.717, 1.165) is 29.8 Å². The Morgan fingerprint density at radius 1 is 0.914 bits per heavy atom. The maximum absolute atomic E-state index is 14.7. The normalized spacial score (nSPS) is 31.7. The van der Waals surface area contributed by atoms with Crippen LogP contribution in [-0.2, 0) is 4.74 Å².